The molecule has 2 heterocycles. The molecule has 0 fully saturated rings. The van der Waals surface area contributed by atoms with Gasteiger partial charge in [-0.25, -0.2) is 4.98 Å². The van der Waals surface area contributed by atoms with E-state index in [1.807, 2.05) is 51.9 Å². The fraction of sp³-hybridized carbons (Fsp3) is 0.333. The van der Waals surface area contributed by atoms with Crippen LogP contribution >= 0.6 is 0 Å². The van der Waals surface area contributed by atoms with Crippen molar-refractivity contribution in [2.24, 2.45) is 0 Å². The zero-order valence-corrected chi connectivity index (χ0v) is 14.9. The zero-order valence-electron chi connectivity index (χ0n) is 14.9. The second kappa shape index (κ2) is 6.92. The first-order valence-corrected chi connectivity index (χ1v) is 9.14. The predicted molar refractivity (Wildman–Crippen MR) is 102 cm³/mol. The predicted octanol–water partition coefficient (Wildman–Crippen LogP) is 2.94. The summed E-state index contributed by atoms with van der Waals surface area (Å²) >= 11 is 0. The van der Waals surface area contributed by atoms with Crippen molar-refractivity contribution in [3.8, 4) is 0 Å². The maximum absolute atomic E-state index is 13.2. The number of carbonyl (C=O) groups is 1. The van der Waals surface area contributed by atoms with Gasteiger partial charge in [0, 0.05) is 24.8 Å². The van der Waals surface area contributed by atoms with Gasteiger partial charge in [0.15, 0.2) is 0 Å². The van der Waals surface area contributed by atoms with E-state index in [0.717, 1.165) is 29.0 Å². The maximum atomic E-state index is 13.2. The number of amides is 1. The molecular formula is C21H23N3O2. The topological polar surface area (TPSA) is 58.4 Å². The van der Waals surface area contributed by atoms with Crippen LogP contribution in [0.1, 0.15) is 24.7 Å². The molecular weight excluding hydrogens is 326 g/mol. The number of imidazole rings is 1. The number of aromatic nitrogens is 2. The Hall–Kier alpha value is -2.66. The van der Waals surface area contributed by atoms with Crippen molar-refractivity contribution in [1.82, 2.24) is 9.55 Å². The van der Waals surface area contributed by atoms with Gasteiger partial charge in [-0.3, -0.25) is 4.79 Å². The summed E-state index contributed by atoms with van der Waals surface area (Å²) in [6, 6.07) is 16.2. The molecule has 1 aliphatic rings. The lowest BCUT2D eigenvalue weighted by Crippen LogP contribution is -2.38. The van der Waals surface area contributed by atoms with Crippen LogP contribution in [-0.2, 0) is 24.2 Å². The van der Waals surface area contributed by atoms with Gasteiger partial charge >= 0.3 is 0 Å². The Morgan fingerprint density at radius 2 is 1.96 bits per heavy atom. The maximum Gasteiger partial charge on any atom is 0.247 e. The molecule has 1 aliphatic heterocycles. The van der Waals surface area contributed by atoms with Crippen LogP contribution in [0.25, 0.3) is 11.0 Å². The lowest BCUT2D eigenvalue weighted by atomic mass is 10.1. The first kappa shape index (κ1) is 16.8. The highest BCUT2D eigenvalue weighted by Crippen LogP contribution is 2.32. The monoisotopic (exact) mass is 349 g/mol. The van der Waals surface area contributed by atoms with Crippen LogP contribution in [0, 0.1) is 0 Å². The van der Waals surface area contributed by atoms with E-state index in [2.05, 4.69) is 18.0 Å². The molecule has 2 aromatic carbocycles. The lowest BCUT2D eigenvalue weighted by molar-refractivity contribution is -0.119. The van der Waals surface area contributed by atoms with Crippen molar-refractivity contribution in [2.45, 2.75) is 38.8 Å². The van der Waals surface area contributed by atoms with Crippen LogP contribution in [0.4, 0.5) is 5.69 Å². The van der Waals surface area contributed by atoms with Crippen molar-refractivity contribution >= 4 is 22.6 Å². The molecule has 5 heteroatoms. The molecule has 0 spiro atoms. The third-order valence-corrected chi connectivity index (χ3v) is 5.06. The number of anilines is 1. The van der Waals surface area contributed by atoms with Gasteiger partial charge in [0.05, 0.1) is 11.0 Å². The Labute approximate surface area is 152 Å². The molecule has 1 atom stereocenters. The van der Waals surface area contributed by atoms with Gasteiger partial charge in [-0.15, -0.1) is 0 Å². The minimum Gasteiger partial charge on any atom is -0.396 e. The molecule has 5 nitrogen and oxygen atoms in total. The second-order valence-corrected chi connectivity index (χ2v) is 6.88. The molecule has 4 rings (SSSR count). The van der Waals surface area contributed by atoms with Crippen LogP contribution in [0.5, 0.6) is 0 Å². The largest absolute Gasteiger partial charge is 0.396 e. The molecule has 1 amide bonds. The van der Waals surface area contributed by atoms with E-state index < -0.39 is 0 Å². The number of para-hydroxylation sites is 3. The average molecular weight is 349 g/mol. The number of aliphatic hydroxyl groups is 1. The quantitative estimate of drug-likeness (QED) is 0.770. The summed E-state index contributed by atoms with van der Waals surface area (Å²) in [5.74, 6) is 0.935. The van der Waals surface area contributed by atoms with E-state index in [0.29, 0.717) is 12.8 Å². The van der Waals surface area contributed by atoms with Crippen molar-refractivity contribution in [3.63, 3.8) is 0 Å². The summed E-state index contributed by atoms with van der Waals surface area (Å²) in [7, 11) is 0. The Balaban J connectivity index is 1.67. The summed E-state index contributed by atoms with van der Waals surface area (Å²) in [5, 5.41) is 9.18. The number of hydrogen-bond acceptors (Lipinski definition) is 3. The number of rotatable bonds is 5. The normalized spacial score (nSPS) is 16.2. The zero-order chi connectivity index (χ0) is 18.1. The minimum absolute atomic E-state index is 0.0795. The number of aryl methyl sites for hydroxylation is 1. The molecule has 0 aliphatic carbocycles. The van der Waals surface area contributed by atoms with E-state index >= 15 is 0 Å². The Morgan fingerprint density at radius 1 is 1.19 bits per heavy atom. The molecule has 26 heavy (non-hydrogen) atoms. The molecule has 1 aromatic heterocycles. The Morgan fingerprint density at radius 3 is 2.81 bits per heavy atom. The molecule has 0 radical (unpaired) electrons. The molecule has 0 saturated carbocycles. The highest BCUT2D eigenvalue weighted by molar-refractivity contribution is 5.96. The van der Waals surface area contributed by atoms with Gasteiger partial charge in [-0.05, 0) is 43.5 Å². The van der Waals surface area contributed by atoms with Crippen LogP contribution in [0.15, 0.2) is 48.5 Å². The average Bonchev–Trinajstić information content (AvgIpc) is 3.16. The highest BCUT2D eigenvalue weighted by atomic mass is 16.3. The lowest BCUT2D eigenvalue weighted by Gasteiger charge is -2.23. The molecule has 1 N–H and O–H groups in total. The third kappa shape index (κ3) is 2.88. The van der Waals surface area contributed by atoms with Crippen LogP contribution < -0.4 is 4.90 Å². The summed E-state index contributed by atoms with van der Waals surface area (Å²) in [4.78, 5) is 19.8. The van der Waals surface area contributed by atoms with Crippen LogP contribution in [0.3, 0.4) is 0 Å². The van der Waals surface area contributed by atoms with Gasteiger partial charge in [0.2, 0.25) is 5.91 Å². The Bertz CT molecular complexity index is 947. The number of benzene rings is 2. The number of carbonyl (C=O) groups excluding carboxylic acids is 1. The first-order valence-electron chi connectivity index (χ1n) is 9.14. The number of fused-ring (bicyclic) bond motifs is 2. The standard InChI is InChI=1S/C21H23N3O2/c1-15-13-16-7-2-4-9-18(16)24(15)21(26)14-23-19-10-5-3-8-17(19)22-20(23)11-6-12-25/h2-5,7-10,15,25H,6,11-14H2,1H3/t15-/m0/s1. The smallest absolute Gasteiger partial charge is 0.247 e. The van der Waals surface area contributed by atoms with Gasteiger partial charge in [-0.2, -0.15) is 0 Å². The number of nitrogens with zero attached hydrogens (tertiary/aromatic N) is 3. The van der Waals surface area contributed by atoms with Crippen molar-refractivity contribution in [2.75, 3.05) is 11.5 Å². The molecule has 0 saturated heterocycles. The minimum atomic E-state index is 0.0795. The van der Waals surface area contributed by atoms with E-state index in [4.69, 9.17) is 0 Å². The van der Waals surface area contributed by atoms with E-state index in [1.54, 1.807) is 0 Å². The fourth-order valence-corrected chi connectivity index (χ4v) is 3.89. The second-order valence-electron chi connectivity index (χ2n) is 6.88. The summed E-state index contributed by atoms with van der Waals surface area (Å²) in [6.07, 6.45) is 2.19. The number of aliphatic hydroxyl groups excluding tert-OH is 1. The molecule has 3 aromatic rings. The van der Waals surface area contributed by atoms with Gasteiger partial charge in [-0.1, -0.05) is 30.3 Å². The SMILES string of the molecule is C[C@H]1Cc2ccccc2N1C(=O)Cn1c(CCCO)nc2ccccc21. The molecule has 134 valence electrons. The van der Waals surface area contributed by atoms with Gasteiger partial charge in [0.1, 0.15) is 12.4 Å². The van der Waals surface area contributed by atoms with Crippen molar-refractivity contribution in [1.29, 1.82) is 0 Å². The summed E-state index contributed by atoms with van der Waals surface area (Å²) < 4.78 is 2.00. The van der Waals surface area contributed by atoms with E-state index in [-0.39, 0.29) is 25.1 Å². The van der Waals surface area contributed by atoms with Gasteiger partial charge < -0.3 is 14.6 Å². The number of hydrogen-bond donors (Lipinski definition) is 1. The van der Waals surface area contributed by atoms with Gasteiger partial charge in [0.25, 0.3) is 0 Å². The third-order valence-electron chi connectivity index (χ3n) is 5.06. The fourth-order valence-electron chi connectivity index (χ4n) is 3.89. The highest BCUT2D eigenvalue weighted by Gasteiger charge is 2.31. The van der Waals surface area contributed by atoms with Crippen molar-refractivity contribution < 1.29 is 9.90 Å². The summed E-state index contributed by atoms with van der Waals surface area (Å²) in [6.45, 7) is 2.48. The van der Waals surface area contributed by atoms with E-state index in [9.17, 15) is 9.90 Å². The summed E-state index contributed by atoms with van der Waals surface area (Å²) in [5.41, 5.74) is 4.10. The van der Waals surface area contributed by atoms with Crippen LogP contribution in [0.2, 0.25) is 0 Å². The van der Waals surface area contributed by atoms with Crippen molar-refractivity contribution in [3.05, 3.63) is 59.9 Å². The van der Waals surface area contributed by atoms with Crippen LogP contribution in [-0.4, -0.2) is 33.2 Å². The van der Waals surface area contributed by atoms with E-state index in [1.165, 1.54) is 5.56 Å². The first-order chi connectivity index (χ1) is 12.7. The molecule has 0 bridgehead atoms. The molecule has 0 unspecified atom stereocenters. The Kier molecular flexibility index (Phi) is 4.47.